The van der Waals surface area contributed by atoms with E-state index in [4.69, 9.17) is 5.73 Å². The number of carbonyl (C=O) groups excluding carboxylic acids is 1. The topological polar surface area (TPSA) is 80.0 Å². The molecular formula is C14H18N4O. The van der Waals surface area contributed by atoms with Crippen LogP contribution in [0.4, 0.5) is 5.82 Å². The van der Waals surface area contributed by atoms with E-state index in [1.807, 2.05) is 12.1 Å². The van der Waals surface area contributed by atoms with Gasteiger partial charge in [0, 0.05) is 5.69 Å². The molecule has 1 aliphatic heterocycles. The number of nitrogens with zero attached hydrogens (tertiary/aromatic N) is 1. The first kappa shape index (κ1) is 11.2. The third-order valence-corrected chi connectivity index (χ3v) is 4.68. The summed E-state index contributed by atoms with van der Waals surface area (Å²) in [6.45, 7) is 1.00. The van der Waals surface area contributed by atoms with Crippen LogP contribution in [0.5, 0.6) is 0 Å². The van der Waals surface area contributed by atoms with Gasteiger partial charge in [0.25, 0.3) is 0 Å². The third-order valence-electron chi connectivity index (χ3n) is 4.68. The molecule has 4 N–H and O–H groups in total. The fourth-order valence-corrected chi connectivity index (χ4v) is 3.53. The van der Waals surface area contributed by atoms with E-state index < -0.39 is 0 Å². The summed E-state index contributed by atoms with van der Waals surface area (Å²) in [5.74, 6) is 2.03. The summed E-state index contributed by atoms with van der Waals surface area (Å²) in [4.78, 5) is 16.6. The second-order valence-corrected chi connectivity index (χ2v) is 5.92. The molecule has 1 aromatic heterocycles. The molecule has 0 aromatic carbocycles. The first-order valence-electron chi connectivity index (χ1n) is 7.01. The van der Waals surface area contributed by atoms with Gasteiger partial charge in [0.05, 0.1) is 12.1 Å². The molecule has 4 atom stereocenters. The second kappa shape index (κ2) is 3.93. The van der Waals surface area contributed by atoms with Gasteiger partial charge >= 0.3 is 0 Å². The zero-order valence-electron chi connectivity index (χ0n) is 10.7. The molecule has 100 valence electrons. The quantitative estimate of drug-likeness (QED) is 0.716. The smallest absolute Gasteiger partial charge is 0.237 e. The first-order chi connectivity index (χ1) is 9.22. The van der Waals surface area contributed by atoms with Crippen molar-refractivity contribution in [3.8, 4) is 0 Å². The molecule has 5 heteroatoms. The number of aromatic nitrogens is 1. The SMILES string of the molecule is Nc1ccc2c(n1)CC[C@H]2NC(=O)C1NC[C@@H]2C[C@H]12. The molecule has 1 aromatic rings. The lowest BCUT2D eigenvalue weighted by Crippen LogP contribution is -2.44. The number of carbonyl (C=O) groups is 1. The fourth-order valence-electron chi connectivity index (χ4n) is 3.53. The molecule has 5 nitrogen and oxygen atoms in total. The Kier molecular flexibility index (Phi) is 2.33. The van der Waals surface area contributed by atoms with Crippen molar-refractivity contribution >= 4 is 11.7 Å². The molecule has 1 amide bonds. The Hall–Kier alpha value is -1.62. The number of hydrogen-bond acceptors (Lipinski definition) is 4. The molecule has 2 heterocycles. The molecule has 19 heavy (non-hydrogen) atoms. The van der Waals surface area contributed by atoms with Crippen molar-refractivity contribution in [1.29, 1.82) is 0 Å². The number of nitrogens with one attached hydrogen (secondary N) is 2. The number of fused-ring (bicyclic) bond motifs is 2. The van der Waals surface area contributed by atoms with Crippen LogP contribution in [0.3, 0.4) is 0 Å². The van der Waals surface area contributed by atoms with E-state index in [0.717, 1.165) is 36.6 Å². The zero-order valence-corrected chi connectivity index (χ0v) is 10.7. The largest absolute Gasteiger partial charge is 0.384 e. The summed E-state index contributed by atoms with van der Waals surface area (Å²) in [6, 6.07) is 3.94. The fraction of sp³-hybridized carbons (Fsp3) is 0.571. The molecule has 3 aliphatic rings. The number of aryl methyl sites for hydroxylation is 1. The van der Waals surface area contributed by atoms with Crippen LogP contribution >= 0.6 is 0 Å². The van der Waals surface area contributed by atoms with E-state index in [1.165, 1.54) is 6.42 Å². The predicted molar refractivity (Wildman–Crippen MR) is 71.2 cm³/mol. The average Bonchev–Trinajstić information content (AvgIpc) is 2.88. The summed E-state index contributed by atoms with van der Waals surface area (Å²) in [6.07, 6.45) is 3.04. The number of pyridine rings is 1. The number of hydrogen-bond donors (Lipinski definition) is 3. The molecule has 1 unspecified atom stereocenters. The van der Waals surface area contributed by atoms with Crippen LogP contribution in [0, 0.1) is 11.8 Å². The van der Waals surface area contributed by atoms with Gasteiger partial charge in [-0.25, -0.2) is 4.98 Å². The number of nitrogen functional groups attached to an aromatic ring is 1. The van der Waals surface area contributed by atoms with Gasteiger partial charge in [0.1, 0.15) is 5.82 Å². The summed E-state index contributed by atoms with van der Waals surface area (Å²) < 4.78 is 0. The van der Waals surface area contributed by atoms with Gasteiger partial charge in [0.2, 0.25) is 5.91 Å². The third kappa shape index (κ3) is 1.80. The highest BCUT2D eigenvalue weighted by Crippen LogP contribution is 2.45. The van der Waals surface area contributed by atoms with E-state index in [-0.39, 0.29) is 18.0 Å². The molecular weight excluding hydrogens is 240 g/mol. The lowest BCUT2D eigenvalue weighted by atomic mass is 10.1. The first-order valence-corrected chi connectivity index (χ1v) is 7.01. The molecule has 2 aliphatic carbocycles. The van der Waals surface area contributed by atoms with Crippen LogP contribution in [0.1, 0.15) is 30.1 Å². The Morgan fingerprint density at radius 1 is 1.47 bits per heavy atom. The Bertz CT molecular complexity index is 544. The second-order valence-electron chi connectivity index (χ2n) is 5.92. The highest BCUT2D eigenvalue weighted by atomic mass is 16.2. The van der Waals surface area contributed by atoms with Gasteiger partial charge in [-0.15, -0.1) is 0 Å². The average molecular weight is 258 g/mol. The Balaban J connectivity index is 1.48. The number of rotatable bonds is 2. The lowest BCUT2D eigenvalue weighted by Gasteiger charge is -2.18. The van der Waals surface area contributed by atoms with Gasteiger partial charge in [-0.3, -0.25) is 4.79 Å². The summed E-state index contributed by atoms with van der Waals surface area (Å²) in [5.41, 5.74) is 7.86. The number of amides is 1. The molecule has 0 radical (unpaired) electrons. The van der Waals surface area contributed by atoms with E-state index in [0.29, 0.717) is 11.7 Å². The van der Waals surface area contributed by atoms with Gasteiger partial charge in [0.15, 0.2) is 0 Å². The minimum absolute atomic E-state index is 0.0239. The van der Waals surface area contributed by atoms with Crippen molar-refractivity contribution in [2.24, 2.45) is 11.8 Å². The van der Waals surface area contributed by atoms with Crippen molar-refractivity contribution in [2.75, 3.05) is 12.3 Å². The number of piperidine rings is 1. The van der Waals surface area contributed by atoms with Gasteiger partial charge in [-0.1, -0.05) is 6.07 Å². The lowest BCUT2D eigenvalue weighted by molar-refractivity contribution is -0.124. The minimum Gasteiger partial charge on any atom is -0.384 e. The van der Waals surface area contributed by atoms with Crippen molar-refractivity contribution in [2.45, 2.75) is 31.3 Å². The maximum Gasteiger partial charge on any atom is 0.237 e. The molecule has 2 fully saturated rings. The highest BCUT2D eigenvalue weighted by Gasteiger charge is 2.51. The molecule has 1 saturated carbocycles. The summed E-state index contributed by atoms with van der Waals surface area (Å²) >= 11 is 0. The Morgan fingerprint density at radius 2 is 2.37 bits per heavy atom. The zero-order chi connectivity index (χ0) is 13.0. The monoisotopic (exact) mass is 258 g/mol. The number of anilines is 1. The molecule has 0 spiro atoms. The van der Waals surface area contributed by atoms with Crippen LogP contribution in [-0.2, 0) is 11.2 Å². The van der Waals surface area contributed by atoms with Gasteiger partial charge in [-0.05, 0) is 49.3 Å². The molecule has 1 saturated heterocycles. The van der Waals surface area contributed by atoms with Gasteiger partial charge in [-0.2, -0.15) is 0 Å². The summed E-state index contributed by atoms with van der Waals surface area (Å²) in [7, 11) is 0. The molecule has 4 rings (SSSR count). The van der Waals surface area contributed by atoms with Crippen molar-refractivity contribution in [3.63, 3.8) is 0 Å². The Labute approximate surface area is 112 Å². The minimum atomic E-state index is 0.0239. The van der Waals surface area contributed by atoms with Crippen LogP contribution in [0.2, 0.25) is 0 Å². The standard InChI is InChI=1S/C14H18N4O/c15-12-4-1-8-10(17-12)2-3-11(8)18-14(19)13-9-5-7(9)6-16-13/h1,4,7,9,11,13,16H,2-3,5-6H2,(H2,15,17)(H,18,19)/t7-,9-,11+,13?/m0/s1. The van der Waals surface area contributed by atoms with Crippen LogP contribution < -0.4 is 16.4 Å². The van der Waals surface area contributed by atoms with Crippen LogP contribution in [-0.4, -0.2) is 23.5 Å². The highest BCUT2D eigenvalue weighted by molar-refractivity contribution is 5.83. The van der Waals surface area contributed by atoms with Crippen molar-refractivity contribution in [3.05, 3.63) is 23.4 Å². The van der Waals surface area contributed by atoms with Crippen LogP contribution in [0.15, 0.2) is 12.1 Å². The van der Waals surface area contributed by atoms with E-state index in [2.05, 4.69) is 15.6 Å². The predicted octanol–water partition coefficient (Wildman–Crippen LogP) is 0.375. The normalized spacial score (nSPS) is 34.7. The van der Waals surface area contributed by atoms with E-state index in [1.54, 1.807) is 0 Å². The van der Waals surface area contributed by atoms with Gasteiger partial charge < -0.3 is 16.4 Å². The Morgan fingerprint density at radius 3 is 3.11 bits per heavy atom. The summed E-state index contributed by atoms with van der Waals surface area (Å²) in [5, 5.41) is 6.49. The maximum atomic E-state index is 12.3. The van der Waals surface area contributed by atoms with Crippen LogP contribution in [0.25, 0.3) is 0 Å². The van der Waals surface area contributed by atoms with Crippen molar-refractivity contribution < 1.29 is 4.79 Å². The van der Waals surface area contributed by atoms with Crippen molar-refractivity contribution in [1.82, 2.24) is 15.6 Å². The van der Waals surface area contributed by atoms with E-state index >= 15 is 0 Å². The maximum absolute atomic E-state index is 12.3. The number of nitrogens with two attached hydrogens (primary N) is 1. The molecule has 0 bridgehead atoms. The van der Waals surface area contributed by atoms with E-state index in [9.17, 15) is 4.79 Å².